The molecule has 0 aliphatic carbocycles. The SMILES string of the molecule is Cn1ncc2c1NC(=O)CC2c1ccc2nccnc2c1. The van der Waals surface area contributed by atoms with Gasteiger partial charge in [-0.15, -0.1) is 0 Å². The summed E-state index contributed by atoms with van der Waals surface area (Å²) >= 11 is 0. The normalized spacial score (nSPS) is 17.6. The molecule has 0 fully saturated rings. The molecule has 6 nitrogen and oxygen atoms in total. The summed E-state index contributed by atoms with van der Waals surface area (Å²) in [5.41, 5.74) is 3.80. The van der Waals surface area contributed by atoms with Crippen LogP contribution in [0.3, 0.4) is 0 Å². The van der Waals surface area contributed by atoms with E-state index in [2.05, 4.69) is 20.4 Å². The molecule has 104 valence electrons. The number of carbonyl (C=O) groups is 1. The predicted molar refractivity (Wildman–Crippen MR) is 77.8 cm³/mol. The highest BCUT2D eigenvalue weighted by Gasteiger charge is 2.29. The minimum atomic E-state index is 0.00820. The molecule has 1 unspecified atom stereocenters. The zero-order valence-electron chi connectivity index (χ0n) is 11.4. The molecule has 1 amide bonds. The van der Waals surface area contributed by atoms with Gasteiger partial charge in [0, 0.05) is 37.3 Å². The molecule has 0 bridgehead atoms. The van der Waals surface area contributed by atoms with Crippen LogP contribution in [0.25, 0.3) is 11.0 Å². The zero-order chi connectivity index (χ0) is 14.4. The average Bonchev–Trinajstić information content (AvgIpc) is 2.87. The van der Waals surface area contributed by atoms with E-state index in [1.54, 1.807) is 17.1 Å². The highest BCUT2D eigenvalue weighted by atomic mass is 16.1. The first-order valence-corrected chi connectivity index (χ1v) is 6.75. The van der Waals surface area contributed by atoms with Gasteiger partial charge in [0.05, 0.1) is 17.2 Å². The average molecular weight is 279 g/mol. The van der Waals surface area contributed by atoms with Crippen molar-refractivity contribution < 1.29 is 4.79 Å². The number of aryl methyl sites for hydroxylation is 1. The molecule has 0 spiro atoms. The maximum Gasteiger partial charge on any atom is 0.226 e. The van der Waals surface area contributed by atoms with Crippen molar-refractivity contribution in [2.24, 2.45) is 7.05 Å². The Bertz CT molecular complexity index is 854. The molecule has 3 aromatic rings. The Hall–Kier alpha value is -2.76. The summed E-state index contributed by atoms with van der Waals surface area (Å²) in [4.78, 5) is 20.5. The number of hydrogen-bond acceptors (Lipinski definition) is 4. The van der Waals surface area contributed by atoms with Crippen molar-refractivity contribution in [3.8, 4) is 0 Å². The van der Waals surface area contributed by atoms with Crippen LogP contribution in [0, 0.1) is 0 Å². The molecule has 0 saturated heterocycles. The maximum absolute atomic E-state index is 11.9. The molecule has 1 aromatic carbocycles. The Kier molecular flexibility index (Phi) is 2.50. The Morgan fingerprint density at radius 3 is 2.90 bits per heavy atom. The fourth-order valence-corrected chi connectivity index (χ4v) is 2.84. The molecule has 0 saturated carbocycles. The minimum Gasteiger partial charge on any atom is -0.311 e. The molecule has 1 aliphatic heterocycles. The number of aromatic nitrogens is 4. The number of nitrogens with zero attached hydrogens (tertiary/aromatic N) is 4. The van der Waals surface area contributed by atoms with Crippen LogP contribution in [0.5, 0.6) is 0 Å². The van der Waals surface area contributed by atoms with Crippen LogP contribution < -0.4 is 5.32 Å². The first-order valence-electron chi connectivity index (χ1n) is 6.75. The van der Waals surface area contributed by atoms with Gasteiger partial charge in [-0.2, -0.15) is 5.10 Å². The number of hydrogen-bond donors (Lipinski definition) is 1. The van der Waals surface area contributed by atoms with Gasteiger partial charge in [-0.3, -0.25) is 19.4 Å². The Balaban J connectivity index is 1.86. The Morgan fingerprint density at radius 2 is 2.05 bits per heavy atom. The summed E-state index contributed by atoms with van der Waals surface area (Å²) in [6.07, 6.45) is 5.59. The Labute approximate surface area is 120 Å². The van der Waals surface area contributed by atoms with Gasteiger partial charge in [0.2, 0.25) is 5.91 Å². The smallest absolute Gasteiger partial charge is 0.226 e. The lowest BCUT2D eigenvalue weighted by Crippen LogP contribution is -2.24. The third-order valence-electron chi connectivity index (χ3n) is 3.89. The van der Waals surface area contributed by atoms with Crippen molar-refractivity contribution >= 4 is 22.8 Å². The van der Waals surface area contributed by atoms with E-state index in [-0.39, 0.29) is 11.8 Å². The van der Waals surface area contributed by atoms with E-state index in [1.165, 1.54) is 0 Å². The summed E-state index contributed by atoms with van der Waals surface area (Å²) < 4.78 is 1.69. The van der Waals surface area contributed by atoms with Gasteiger partial charge in [0.25, 0.3) is 0 Å². The minimum absolute atomic E-state index is 0.00820. The highest BCUT2D eigenvalue weighted by molar-refractivity contribution is 5.94. The topological polar surface area (TPSA) is 72.7 Å². The van der Waals surface area contributed by atoms with Crippen molar-refractivity contribution in [1.82, 2.24) is 19.7 Å². The van der Waals surface area contributed by atoms with Crippen LogP contribution in [0.1, 0.15) is 23.5 Å². The molecule has 3 heterocycles. The summed E-state index contributed by atoms with van der Waals surface area (Å²) in [6, 6.07) is 5.96. The van der Waals surface area contributed by atoms with E-state index < -0.39 is 0 Å². The van der Waals surface area contributed by atoms with E-state index in [0.717, 1.165) is 28.0 Å². The van der Waals surface area contributed by atoms with E-state index in [1.807, 2.05) is 31.4 Å². The van der Waals surface area contributed by atoms with Gasteiger partial charge < -0.3 is 5.32 Å². The quantitative estimate of drug-likeness (QED) is 0.737. The fraction of sp³-hybridized carbons (Fsp3) is 0.200. The number of nitrogens with one attached hydrogen (secondary N) is 1. The van der Waals surface area contributed by atoms with Crippen molar-refractivity contribution in [3.63, 3.8) is 0 Å². The number of benzene rings is 1. The van der Waals surface area contributed by atoms with Gasteiger partial charge in [0.15, 0.2) is 0 Å². The number of fused-ring (bicyclic) bond motifs is 2. The molecule has 2 aromatic heterocycles. The second-order valence-electron chi connectivity index (χ2n) is 5.18. The van der Waals surface area contributed by atoms with Crippen LogP contribution in [-0.4, -0.2) is 25.7 Å². The zero-order valence-corrected chi connectivity index (χ0v) is 11.4. The lowest BCUT2D eigenvalue weighted by molar-refractivity contribution is -0.116. The first kappa shape index (κ1) is 12.0. The number of anilines is 1. The lowest BCUT2D eigenvalue weighted by Gasteiger charge is -2.23. The van der Waals surface area contributed by atoms with Gasteiger partial charge in [0.1, 0.15) is 5.82 Å². The molecule has 1 N–H and O–H groups in total. The summed E-state index contributed by atoms with van der Waals surface area (Å²) in [6.45, 7) is 0. The van der Waals surface area contributed by atoms with Crippen LogP contribution >= 0.6 is 0 Å². The third kappa shape index (κ3) is 1.87. The number of carbonyl (C=O) groups excluding carboxylic acids is 1. The van der Waals surface area contributed by atoms with Crippen LogP contribution in [0.15, 0.2) is 36.8 Å². The fourth-order valence-electron chi connectivity index (χ4n) is 2.84. The third-order valence-corrected chi connectivity index (χ3v) is 3.89. The molecular weight excluding hydrogens is 266 g/mol. The van der Waals surface area contributed by atoms with Crippen LogP contribution in [0.4, 0.5) is 5.82 Å². The largest absolute Gasteiger partial charge is 0.311 e. The molecule has 1 atom stereocenters. The molecule has 6 heteroatoms. The van der Waals surface area contributed by atoms with Crippen molar-refractivity contribution in [2.45, 2.75) is 12.3 Å². The van der Waals surface area contributed by atoms with Crippen molar-refractivity contribution in [2.75, 3.05) is 5.32 Å². The van der Waals surface area contributed by atoms with Crippen molar-refractivity contribution in [3.05, 3.63) is 47.9 Å². The maximum atomic E-state index is 11.9. The van der Waals surface area contributed by atoms with E-state index in [0.29, 0.717) is 6.42 Å². The predicted octanol–water partition coefficient (Wildman–Crippen LogP) is 1.84. The van der Waals surface area contributed by atoms with Gasteiger partial charge in [-0.1, -0.05) is 6.07 Å². The molecule has 21 heavy (non-hydrogen) atoms. The van der Waals surface area contributed by atoms with Crippen molar-refractivity contribution in [1.29, 1.82) is 0 Å². The van der Waals surface area contributed by atoms with Crippen LogP contribution in [-0.2, 0) is 11.8 Å². The second kappa shape index (κ2) is 4.37. The van der Waals surface area contributed by atoms with E-state index in [9.17, 15) is 4.79 Å². The van der Waals surface area contributed by atoms with Gasteiger partial charge >= 0.3 is 0 Å². The Morgan fingerprint density at radius 1 is 1.24 bits per heavy atom. The highest BCUT2D eigenvalue weighted by Crippen LogP contribution is 2.37. The van der Waals surface area contributed by atoms with Gasteiger partial charge in [-0.05, 0) is 17.7 Å². The summed E-state index contributed by atoms with van der Waals surface area (Å²) in [5.74, 6) is 0.791. The monoisotopic (exact) mass is 279 g/mol. The van der Waals surface area contributed by atoms with E-state index >= 15 is 0 Å². The standard InChI is InChI=1S/C15H13N5O/c1-20-15-11(8-18-20)10(7-14(21)19-15)9-2-3-12-13(6-9)17-5-4-16-12/h2-6,8,10H,7H2,1H3,(H,19,21). The number of amides is 1. The second-order valence-corrected chi connectivity index (χ2v) is 5.18. The molecule has 4 rings (SSSR count). The summed E-state index contributed by atoms with van der Waals surface area (Å²) in [5, 5.41) is 7.12. The van der Waals surface area contributed by atoms with E-state index in [4.69, 9.17) is 0 Å². The number of rotatable bonds is 1. The first-order chi connectivity index (χ1) is 10.2. The van der Waals surface area contributed by atoms with Gasteiger partial charge in [-0.25, -0.2) is 0 Å². The van der Waals surface area contributed by atoms with Crippen LogP contribution in [0.2, 0.25) is 0 Å². The summed E-state index contributed by atoms with van der Waals surface area (Å²) in [7, 11) is 1.83. The molecular formula is C15H13N5O. The molecule has 0 radical (unpaired) electrons. The molecule has 1 aliphatic rings. The lowest BCUT2D eigenvalue weighted by atomic mass is 9.87.